The number of fused-ring (bicyclic) bond motifs is 1. The molecule has 0 aromatic heterocycles. The summed E-state index contributed by atoms with van der Waals surface area (Å²) in [5, 5.41) is 9.46. The highest BCUT2D eigenvalue weighted by Crippen LogP contribution is 2.40. The first kappa shape index (κ1) is 8.84. The number of aliphatic hydroxyl groups is 1. The number of hydrogen-bond acceptors (Lipinski definition) is 3. The Morgan fingerprint density at radius 3 is 2.92 bits per heavy atom. The van der Waals surface area contributed by atoms with Crippen molar-refractivity contribution in [3.8, 4) is 11.5 Å². The Bertz CT molecular complexity index is 336. The zero-order valence-corrected chi connectivity index (χ0v) is 8.67. The summed E-state index contributed by atoms with van der Waals surface area (Å²) in [6.45, 7) is 1.93. The van der Waals surface area contributed by atoms with Crippen LogP contribution in [-0.4, -0.2) is 11.9 Å². The summed E-state index contributed by atoms with van der Waals surface area (Å²) in [6.07, 6.45) is -0.548. The highest BCUT2D eigenvalue weighted by Gasteiger charge is 2.20. The lowest BCUT2D eigenvalue weighted by atomic mass is 10.1. The lowest BCUT2D eigenvalue weighted by Gasteiger charge is -2.08. The Morgan fingerprint density at radius 2 is 2.23 bits per heavy atom. The van der Waals surface area contributed by atoms with Crippen molar-refractivity contribution in [2.45, 2.75) is 13.0 Å². The van der Waals surface area contributed by atoms with Gasteiger partial charge < -0.3 is 14.6 Å². The molecule has 1 heterocycles. The molecule has 0 saturated heterocycles. The van der Waals surface area contributed by atoms with Crippen LogP contribution in [-0.2, 0) is 0 Å². The van der Waals surface area contributed by atoms with Gasteiger partial charge in [0.25, 0.3) is 0 Å². The Hall–Kier alpha value is -0.740. The van der Waals surface area contributed by atoms with Crippen LogP contribution < -0.4 is 9.47 Å². The minimum Gasteiger partial charge on any atom is -0.454 e. The van der Waals surface area contributed by atoms with Crippen LogP contribution in [0, 0.1) is 0 Å². The average molecular weight is 245 g/mol. The molecule has 0 fully saturated rings. The molecule has 0 aliphatic carbocycles. The highest BCUT2D eigenvalue weighted by atomic mass is 79.9. The summed E-state index contributed by atoms with van der Waals surface area (Å²) in [6, 6.07) is 3.66. The van der Waals surface area contributed by atoms with Gasteiger partial charge in [0.2, 0.25) is 6.79 Å². The molecule has 2 rings (SSSR count). The van der Waals surface area contributed by atoms with Crippen molar-refractivity contribution in [1.29, 1.82) is 0 Å². The minimum atomic E-state index is -0.548. The van der Waals surface area contributed by atoms with Crippen LogP contribution in [0.5, 0.6) is 11.5 Å². The molecule has 13 heavy (non-hydrogen) atoms. The van der Waals surface area contributed by atoms with Crippen LogP contribution in [0.4, 0.5) is 0 Å². The fourth-order valence-corrected chi connectivity index (χ4v) is 1.77. The molecule has 0 bridgehead atoms. The molecule has 1 unspecified atom stereocenters. The molecule has 1 N–H and O–H groups in total. The average Bonchev–Trinajstić information content (AvgIpc) is 2.49. The molecule has 70 valence electrons. The Balaban J connectivity index is 2.55. The summed E-state index contributed by atoms with van der Waals surface area (Å²) in [5.41, 5.74) is 0.752. The fourth-order valence-electron chi connectivity index (χ4n) is 1.31. The number of benzene rings is 1. The van der Waals surface area contributed by atoms with E-state index < -0.39 is 6.10 Å². The third kappa shape index (κ3) is 1.51. The summed E-state index contributed by atoms with van der Waals surface area (Å²) >= 11 is 3.34. The second-order valence-corrected chi connectivity index (χ2v) is 3.82. The van der Waals surface area contributed by atoms with E-state index in [4.69, 9.17) is 9.47 Å². The monoisotopic (exact) mass is 244 g/mol. The minimum absolute atomic E-state index is 0.228. The Labute approximate surface area is 84.4 Å². The SMILES string of the molecule is CC(O)c1cc(Br)cc2c1OCO2. The van der Waals surface area contributed by atoms with Gasteiger partial charge in [0.05, 0.1) is 6.10 Å². The van der Waals surface area contributed by atoms with Gasteiger partial charge in [0, 0.05) is 10.0 Å². The topological polar surface area (TPSA) is 38.7 Å². The van der Waals surface area contributed by atoms with Crippen LogP contribution in [0.3, 0.4) is 0 Å². The van der Waals surface area contributed by atoms with E-state index in [1.54, 1.807) is 6.92 Å². The molecule has 0 saturated carbocycles. The molecule has 1 aliphatic rings. The van der Waals surface area contributed by atoms with Crippen molar-refractivity contribution in [3.63, 3.8) is 0 Å². The summed E-state index contributed by atoms with van der Waals surface area (Å²) in [5.74, 6) is 1.34. The summed E-state index contributed by atoms with van der Waals surface area (Å²) in [7, 11) is 0. The van der Waals surface area contributed by atoms with E-state index in [1.165, 1.54) is 0 Å². The smallest absolute Gasteiger partial charge is 0.231 e. The Morgan fingerprint density at radius 1 is 1.46 bits per heavy atom. The lowest BCUT2D eigenvalue weighted by molar-refractivity contribution is 0.164. The molecule has 4 heteroatoms. The van der Waals surface area contributed by atoms with E-state index >= 15 is 0 Å². The zero-order chi connectivity index (χ0) is 9.42. The summed E-state index contributed by atoms with van der Waals surface area (Å²) in [4.78, 5) is 0. The van der Waals surface area contributed by atoms with Gasteiger partial charge in [0.1, 0.15) is 0 Å². The second-order valence-electron chi connectivity index (χ2n) is 2.90. The van der Waals surface area contributed by atoms with Gasteiger partial charge in [-0.2, -0.15) is 0 Å². The van der Waals surface area contributed by atoms with Crippen molar-refractivity contribution in [1.82, 2.24) is 0 Å². The first-order chi connectivity index (χ1) is 6.18. The maximum Gasteiger partial charge on any atom is 0.231 e. The molecular weight excluding hydrogens is 236 g/mol. The molecule has 1 atom stereocenters. The number of rotatable bonds is 1. The van der Waals surface area contributed by atoms with Crippen LogP contribution in [0.15, 0.2) is 16.6 Å². The fraction of sp³-hybridized carbons (Fsp3) is 0.333. The van der Waals surface area contributed by atoms with E-state index in [1.807, 2.05) is 12.1 Å². The molecule has 0 amide bonds. The van der Waals surface area contributed by atoms with E-state index in [0.29, 0.717) is 11.5 Å². The van der Waals surface area contributed by atoms with Crippen molar-refractivity contribution < 1.29 is 14.6 Å². The third-order valence-electron chi connectivity index (χ3n) is 1.92. The molecule has 0 radical (unpaired) electrons. The number of ether oxygens (including phenoxy) is 2. The Kier molecular flexibility index (Phi) is 2.17. The highest BCUT2D eigenvalue weighted by molar-refractivity contribution is 9.10. The summed E-state index contributed by atoms with van der Waals surface area (Å²) < 4.78 is 11.3. The van der Waals surface area contributed by atoms with Gasteiger partial charge in [-0.3, -0.25) is 0 Å². The predicted molar refractivity (Wildman–Crippen MR) is 50.9 cm³/mol. The van der Waals surface area contributed by atoms with Crippen LogP contribution in [0.25, 0.3) is 0 Å². The lowest BCUT2D eigenvalue weighted by Crippen LogP contribution is -1.96. The van der Waals surface area contributed by atoms with Gasteiger partial charge >= 0.3 is 0 Å². The molecular formula is C9H9BrO3. The first-order valence-electron chi connectivity index (χ1n) is 3.95. The van der Waals surface area contributed by atoms with Crippen molar-refractivity contribution in [2.24, 2.45) is 0 Å². The molecule has 3 nitrogen and oxygen atoms in total. The molecule has 1 aromatic carbocycles. The second kappa shape index (κ2) is 3.20. The van der Waals surface area contributed by atoms with Crippen LogP contribution in [0.2, 0.25) is 0 Å². The van der Waals surface area contributed by atoms with E-state index in [2.05, 4.69) is 15.9 Å². The van der Waals surface area contributed by atoms with Gasteiger partial charge in [-0.25, -0.2) is 0 Å². The standard InChI is InChI=1S/C9H9BrO3/c1-5(11)7-2-6(10)3-8-9(7)13-4-12-8/h2-3,5,11H,4H2,1H3. The first-order valence-corrected chi connectivity index (χ1v) is 4.75. The van der Waals surface area contributed by atoms with Crippen LogP contribution in [0.1, 0.15) is 18.6 Å². The number of aliphatic hydroxyl groups excluding tert-OH is 1. The van der Waals surface area contributed by atoms with Gasteiger partial charge in [-0.15, -0.1) is 0 Å². The maximum atomic E-state index is 9.46. The third-order valence-corrected chi connectivity index (χ3v) is 2.37. The normalized spacial score (nSPS) is 15.9. The number of hydrogen-bond donors (Lipinski definition) is 1. The van der Waals surface area contributed by atoms with Crippen molar-refractivity contribution in [2.75, 3.05) is 6.79 Å². The van der Waals surface area contributed by atoms with Gasteiger partial charge in [-0.05, 0) is 19.1 Å². The van der Waals surface area contributed by atoms with E-state index in [-0.39, 0.29) is 6.79 Å². The van der Waals surface area contributed by atoms with Gasteiger partial charge in [0.15, 0.2) is 11.5 Å². The molecule has 0 spiro atoms. The maximum absolute atomic E-state index is 9.46. The van der Waals surface area contributed by atoms with Crippen LogP contribution >= 0.6 is 15.9 Å². The molecule has 1 aliphatic heterocycles. The zero-order valence-electron chi connectivity index (χ0n) is 7.08. The van der Waals surface area contributed by atoms with E-state index in [0.717, 1.165) is 10.0 Å². The quantitative estimate of drug-likeness (QED) is 0.824. The number of halogens is 1. The molecule has 1 aromatic rings. The van der Waals surface area contributed by atoms with E-state index in [9.17, 15) is 5.11 Å². The van der Waals surface area contributed by atoms with Gasteiger partial charge in [-0.1, -0.05) is 15.9 Å². The largest absolute Gasteiger partial charge is 0.454 e. The van der Waals surface area contributed by atoms with Crippen molar-refractivity contribution >= 4 is 15.9 Å². The predicted octanol–water partition coefficient (Wildman–Crippen LogP) is 2.23. The van der Waals surface area contributed by atoms with Crippen molar-refractivity contribution in [3.05, 3.63) is 22.2 Å².